The Balaban J connectivity index is 1.38. The van der Waals surface area contributed by atoms with Crippen LogP contribution in [-0.4, -0.2) is 96.9 Å². The van der Waals surface area contributed by atoms with E-state index in [1.807, 2.05) is 6.92 Å². The van der Waals surface area contributed by atoms with Gasteiger partial charge in [-0.1, -0.05) is 34.7 Å². The number of aromatic hydroxyl groups is 2. The first-order valence-electron chi connectivity index (χ1n) is 15.1. The van der Waals surface area contributed by atoms with Crippen molar-refractivity contribution in [2.24, 2.45) is 0 Å². The average molecular weight is 781 g/mol. The number of aliphatic hydroxyl groups is 1. The van der Waals surface area contributed by atoms with Gasteiger partial charge in [-0.05, 0) is 19.4 Å². The van der Waals surface area contributed by atoms with Crippen LogP contribution >= 0.6 is 35.2 Å². The maximum Gasteiger partial charge on any atom is 0.252 e. The van der Waals surface area contributed by atoms with E-state index in [-0.39, 0.29) is 57.5 Å². The number of methoxy groups -OCH3 is 1. The number of benzene rings is 2. The molecular weight excluding hydrogens is 747 g/mol. The van der Waals surface area contributed by atoms with Crippen molar-refractivity contribution in [2.75, 3.05) is 20.2 Å². The largest absolute Gasteiger partial charge is 0.507 e. The van der Waals surface area contributed by atoms with Gasteiger partial charge in [-0.3, -0.25) is 28.9 Å². The molecule has 0 saturated carbocycles. The topological polar surface area (TPSA) is 189 Å². The number of halogens is 1. The summed E-state index contributed by atoms with van der Waals surface area (Å²) in [5.41, 5.74) is -3.42. The highest BCUT2D eigenvalue weighted by Crippen LogP contribution is 2.52. The molecule has 0 bridgehead atoms. The predicted molar refractivity (Wildman–Crippen MR) is 175 cm³/mol. The van der Waals surface area contributed by atoms with Crippen LogP contribution in [0.3, 0.4) is 0 Å². The Labute approximate surface area is 288 Å². The Morgan fingerprint density at radius 2 is 1.85 bits per heavy atom. The summed E-state index contributed by atoms with van der Waals surface area (Å²) in [4.78, 5) is 66.6. The zero-order chi connectivity index (χ0) is 33.9. The van der Waals surface area contributed by atoms with E-state index in [0.29, 0.717) is 6.42 Å². The summed E-state index contributed by atoms with van der Waals surface area (Å²) in [6, 6.07) is 4.42. The quantitative estimate of drug-likeness (QED) is 0.0777. The number of ether oxygens (including phenoxy) is 3. The number of hydrogen-bond acceptors (Lipinski definition) is 12. The second kappa shape index (κ2) is 12.7. The van der Waals surface area contributed by atoms with Crippen LogP contribution in [0.1, 0.15) is 81.7 Å². The number of phenolic OH excluding ortho intramolecular Hbond substituents is 2. The minimum absolute atomic E-state index is 0.0414. The lowest BCUT2D eigenvalue weighted by atomic mass is 9.72. The van der Waals surface area contributed by atoms with Gasteiger partial charge >= 0.3 is 0 Å². The monoisotopic (exact) mass is 780 g/mol. The summed E-state index contributed by atoms with van der Waals surface area (Å²) < 4.78 is 17.8. The Morgan fingerprint density at radius 3 is 2.51 bits per heavy atom. The van der Waals surface area contributed by atoms with Crippen molar-refractivity contribution in [3.05, 3.63) is 51.6 Å². The Hall–Kier alpha value is -3.25. The van der Waals surface area contributed by atoms with E-state index in [1.165, 1.54) is 25.3 Å². The van der Waals surface area contributed by atoms with E-state index in [9.17, 15) is 39.3 Å². The molecular formula is C32H33IN2O11S. The Kier molecular flexibility index (Phi) is 9.06. The lowest BCUT2D eigenvalue weighted by molar-refractivity contribution is -0.220. The van der Waals surface area contributed by atoms with Crippen LogP contribution in [0.15, 0.2) is 18.2 Å². The van der Waals surface area contributed by atoms with Crippen LogP contribution in [-0.2, 0) is 30.3 Å². The number of nitrogens with one attached hydrogen (secondary N) is 1. The van der Waals surface area contributed by atoms with Gasteiger partial charge in [0.2, 0.25) is 17.6 Å². The summed E-state index contributed by atoms with van der Waals surface area (Å²) in [5, 5.41) is 37.0. The lowest BCUT2D eigenvalue weighted by Crippen LogP contribution is -2.53. The molecule has 3 amide bonds. The first-order chi connectivity index (χ1) is 22.2. The van der Waals surface area contributed by atoms with Crippen molar-refractivity contribution >= 4 is 64.5 Å². The molecule has 2 heterocycles. The number of imide groups is 1. The Morgan fingerprint density at radius 1 is 1.13 bits per heavy atom. The van der Waals surface area contributed by atoms with E-state index in [0.717, 1.165) is 11.3 Å². The predicted octanol–water partition coefficient (Wildman–Crippen LogP) is 2.12. The van der Waals surface area contributed by atoms with Gasteiger partial charge < -0.3 is 34.8 Å². The summed E-state index contributed by atoms with van der Waals surface area (Å²) in [5.74, 6) is -4.47. The fourth-order valence-corrected chi connectivity index (χ4v) is 8.29. The number of nitrogens with zero attached hydrogens (tertiary/aromatic N) is 1. The van der Waals surface area contributed by atoms with Crippen molar-refractivity contribution in [3.63, 3.8) is 0 Å². The molecule has 13 nitrogen and oxygen atoms in total. The number of rotatable bonds is 7. The zero-order valence-electron chi connectivity index (χ0n) is 25.4. The molecule has 47 heavy (non-hydrogen) atoms. The highest BCUT2D eigenvalue weighted by atomic mass is 127. The molecule has 1 unspecified atom stereocenters. The molecule has 2 aliphatic carbocycles. The van der Waals surface area contributed by atoms with Crippen LogP contribution in [0.4, 0.5) is 0 Å². The standard InChI is InChI=1S/C32H33IN2O11S/c1-13-8-14(33)9-21(45-13)46-18-12-32(43,31(42)34-6-7-35-20(36)10-19(47)30(35)41)11-16-23(18)29(40)25-24(27(16)38)26(37)15-4-3-5-17(44-2)22(15)28(25)39/h3-5,13-14,18-19,21,38,40,43,47H,6-12H2,1-2H3,(H,34,42)/t13-,14+,18-,19?,21-,32-/m0/s1. The lowest BCUT2D eigenvalue weighted by Gasteiger charge is -2.41. The van der Waals surface area contributed by atoms with Crippen LogP contribution in [0.5, 0.6) is 17.2 Å². The molecule has 2 saturated heterocycles. The molecule has 2 aromatic carbocycles. The zero-order valence-corrected chi connectivity index (χ0v) is 28.5. The number of likely N-dealkylation sites (tertiary alicyclic amines) is 1. The van der Waals surface area contributed by atoms with E-state index in [2.05, 4.69) is 40.5 Å². The van der Waals surface area contributed by atoms with Crippen LogP contribution in [0.25, 0.3) is 0 Å². The van der Waals surface area contributed by atoms with E-state index >= 15 is 0 Å². The minimum atomic E-state index is -2.24. The fourth-order valence-electron chi connectivity index (χ4n) is 6.86. The summed E-state index contributed by atoms with van der Waals surface area (Å²) in [6.45, 7) is 1.56. The molecule has 15 heteroatoms. The minimum Gasteiger partial charge on any atom is -0.507 e. The van der Waals surface area contributed by atoms with Gasteiger partial charge in [0.1, 0.15) is 22.8 Å². The molecule has 250 valence electrons. The smallest absolute Gasteiger partial charge is 0.252 e. The summed E-state index contributed by atoms with van der Waals surface area (Å²) in [6.07, 6.45) is -2.07. The molecule has 4 aliphatic rings. The number of ketones is 2. The van der Waals surface area contributed by atoms with Gasteiger partial charge in [-0.2, -0.15) is 12.6 Å². The van der Waals surface area contributed by atoms with Crippen molar-refractivity contribution in [3.8, 4) is 17.2 Å². The number of phenols is 2. The molecule has 0 radical (unpaired) electrons. The molecule has 0 aromatic heterocycles. The van der Waals surface area contributed by atoms with Crippen LogP contribution in [0.2, 0.25) is 0 Å². The normalized spacial score (nSPS) is 28.5. The first kappa shape index (κ1) is 33.6. The van der Waals surface area contributed by atoms with Gasteiger partial charge in [0.05, 0.1) is 41.3 Å². The maximum atomic E-state index is 13.9. The third kappa shape index (κ3) is 5.79. The molecule has 6 atom stereocenters. The van der Waals surface area contributed by atoms with Gasteiger partial charge in [0.25, 0.3) is 5.91 Å². The summed E-state index contributed by atoms with van der Waals surface area (Å²) in [7, 11) is 1.34. The van der Waals surface area contributed by atoms with Gasteiger partial charge in [0, 0.05) is 59.4 Å². The molecule has 2 aliphatic heterocycles. The molecule has 4 N–H and O–H groups in total. The van der Waals surface area contributed by atoms with Crippen molar-refractivity contribution < 1.29 is 53.5 Å². The second-order valence-electron chi connectivity index (χ2n) is 12.2. The molecule has 6 rings (SSSR count). The fraction of sp³-hybridized carbons (Fsp3) is 0.469. The number of carbonyl (C=O) groups excluding carboxylic acids is 5. The van der Waals surface area contributed by atoms with Crippen LogP contribution < -0.4 is 10.1 Å². The van der Waals surface area contributed by atoms with Crippen molar-refractivity contribution in [1.82, 2.24) is 10.2 Å². The number of alkyl halides is 1. The number of thiol groups is 1. The number of amides is 3. The average Bonchev–Trinajstić information content (AvgIpc) is 3.26. The van der Waals surface area contributed by atoms with E-state index in [1.54, 1.807) is 0 Å². The first-order valence-corrected chi connectivity index (χ1v) is 16.9. The number of fused-ring (bicyclic) bond motifs is 3. The molecule has 0 spiro atoms. The Bertz CT molecular complexity index is 1710. The SMILES string of the molecule is COc1cccc2c1C(=O)c1c(O)c3c(c(O)c1C2=O)C[C@@](O)(C(=O)NCCN1C(=O)CC(S)C1=O)C[C@@H]3O[C@H]1C[C@H](I)C[C@H](C)O1. The van der Waals surface area contributed by atoms with Crippen LogP contribution in [0, 0.1) is 0 Å². The van der Waals surface area contributed by atoms with Crippen molar-refractivity contribution in [2.45, 2.75) is 72.3 Å². The van der Waals surface area contributed by atoms with E-state index in [4.69, 9.17) is 14.2 Å². The second-order valence-corrected chi connectivity index (χ2v) is 14.6. The number of hydrogen-bond donors (Lipinski definition) is 5. The number of carbonyl (C=O) groups is 5. The van der Waals surface area contributed by atoms with Gasteiger partial charge in [-0.15, -0.1) is 0 Å². The maximum absolute atomic E-state index is 13.9. The molecule has 2 aromatic rings. The third-order valence-electron chi connectivity index (χ3n) is 9.08. The molecule has 2 fully saturated rings. The van der Waals surface area contributed by atoms with E-state index < -0.39 is 88.0 Å². The van der Waals surface area contributed by atoms with Gasteiger partial charge in [0.15, 0.2) is 12.1 Å². The van der Waals surface area contributed by atoms with Gasteiger partial charge in [-0.25, -0.2) is 0 Å². The summed E-state index contributed by atoms with van der Waals surface area (Å²) >= 11 is 6.37. The highest BCUT2D eigenvalue weighted by Gasteiger charge is 2.50. The highest BCUT2D eigenvalue weighted by molar-refractivity contribution is 14.1. The van der Waals surface area contributed by atoms with Crippen molar-refractivity contribution in [1.29, 1.82) is 0 Å². The third-order valence-corrected chi connectivity index (χ3v) is 10.5.